The van der Waals surface area contributed by atoms with Crippen LogP contribution in [0.15, 0.2) is 0 Å². The van der Waals surface area contributed by atoms with Crippen LogP contribution in [0.25, 0.3) is 0 Å². The van der Waals surface area contributed by atoms with Crippen molar-refractivity contribution in [1.29, 1.82) is 0 Å². The van der Waals surface area contributed by atoms with Crippen LogP contribution >= 0.6 is 0 Å². The Morgan fingerprint density at radius 3 is 2.35 bits per heavy atom. The van der Waals surface area contributed by atoms with Crippen molar-refractivity contribution in [2.75, 3.05) is 46.8 Å². The zero-order valence-corrected chi connectivity index (χ0v) is 12.2. The lowest BCUT2D eigenvalue weighted by Crippen LogP contribution is -2.44. The second-order valence-electron chi connectivity index (χ2n) is 5.67. The standard InChI is InChI=1S/C14H31N3/c1-5-14(15-6-2)12-17-9-7-13(8-10-17)11-16(3)4/h13-15H,5-12H2,1-4H3. The van der Waals surface area contributed by atoms with E-state index in [4.69, 9.17) is 0 Å². The molecular formula is C14H31N3. The maximum absolute atomic E-state index is 3.57. The van der Waals surface area contributed by atoms with Gasteiger partial charge in [-0.15, -0.1) is 0 Å². The van der Waals surface area contributed by atoms with Crippen molar-refractivity contribution in [2.45, 2.75) is 39.2 Å². The molecule has 1 atom stereocenters. The zero-order valence-electron chi connectivity index (χ0n) is 12.2. The SMILES string of the molecule is CCNC(CC)CN1CCC(CN(C)C)CC1. The van der Waals surface area contributed by atoms with Gasteiger partial charge < -0.3 is 15.1 Å². The van der Waals surface area contributed by atoms with Crippen molar-refractivity contribution in [3.8, 4) is 0 Å². The second kappa shape index (κ2) is 8.06. The Balaban J connectivity index is 2.22. The predicted octanol–water partition coefficient (Wildman–Crippen LogP) is 1.65. The molecule has 0 aliphatic carbocycles. The molecule has 0 aromatic carbocycles. The molecule has 0 saturated carbocycles. The van der Waals surface area contributed by atoms with Gasteiger partial charge >= 0.3 is 0 Å². The second-order valence-corrected chi connectivity index (χ2v) is 5.67. The van der Waals surface area contributed by atoms with E-state index in [1.54, 1.807) is 0 Å². The third kappa shape index (κ3) is 5.84. The summed E-state index contributed by atoms with van der Waals surface area (Å²) in [6, 6.07) is 0.686. The third-order valence-corrected chi connectivity index (χ3v) is 3.79. The molecule has 102 valence electrons. The highest BCUT2D eigenvalue weighted by atomic mass is 15.2. The van der Waals surface area contributed by atoms with Gasteiger partial charge in [0.1, 0.15) is 0 Å². The highest BCUT2D eigenvalue weighted by Gasteiger charge is 2.21. The Labute approximate surface area is 108 Å². The summed E-state index contributed by atoms with van der Waals surface area (Å²) < 4.78 is 0. The van der Waals surface area contributed by atoms with E-state index in [1.807, 2.05) is 0 Å². The molecule has 1 unspecified atom stereocenters. The van der Waals surface area contributed by atoms with Gasteiger partial charge in [-0.2, -0.15) is 0 Å². The normalized spacial score (nSPS) is 21.0. The smallest absolute Gasteiger partial charge is 0.0192 e. The van der Waals surface area contributed by atoms with Gasteiger partial charge in [-0.25, -0.2) is 0 Å². The van der Waals surface area contributed by atoms with Crippen molar-refractivity contribution >= 4 is 0 Å². The first-order valence-corrected chi connectivity index (χ1v) is 7.26. The fourth-order valence-electron chi connectivity index (χ4n) is 2.81. The summed E-state index contributed by atoms with van der Waals surface area (Å²) in [5, 5.41) is 3.57. The minimum absolute atomic E-state index is 0.686. The Morgan fingerprint density at radius 2 is 1.88 bits per heavy atom. The molecule has 1 aliphatic heterocycles. The van der Waals surface area contributed by atoms with E-state index < -0.39 is 0 Å². The molecule has 1 aliphatic rings. The van der Waals surface area contributed by atoms with Crippen LogP contribution in [0.5, 0.6) is 0 Å². The molecule has 0 amide bonds. The van der Waals surface area contributed by atoms with Crippen molar-refractivity contribution in [3.05, 3.63) is 0 Å². The quantitative estimate of drug-likeness (QED) is 0.731. The number of likely N-dealkylation sites (N-methyl/N-ethyl adjacent to an activating group) is 1. The lowest BCUT2D eigenvalue weighted by Gasteiger charge is -2.35. The summed E-state index contributed by atoms with van der Waals surface area (Å²) in [7, 11) is 4.37. The predicted molar refractivity (Wildman–Crippen MR) is 75.5 cm³/mol. The van der Waals surface area contributed by atoms with Gasteiger partial charge in [-0.1, -0.05) is 13.8 Å². The maximum atomic E-state index is 3.57. The first-order valence-electron chi connectivity index (χ1n) is 7.26. The average Bonchev–Trinajstić information content (AvgIpc) is 2.30. The molecular weight excluding hydrogens is 210 g/mol. The molecule has 0 bridgehead atoms. The summed E-state index contributed by atoms with van der Waals surface area (Å²) in [4.78, 5) is 4.97. The third-order valence-electron chi connectivity index (χ3n) is 3.79. The molecule has 3 nitrogen and oxygen atoms in total. The van der Waals surface area contributed by atoms with E-state index in [1.165, 1.54) is 45.4 Å². The molecule has 1 heterocycles. The Hall–Kier alpha value is -0.120. The van der Waals surface area contributed by atoms with Gasteiger partial charge in [0.2, 0.25) is 0 Å². The fourth-order valence-corrected chi connectivity index (χ4v) is 2.81. The van der Waals surface area contributed by atoms with Crippen LogP contribution in [0, 0.1) is 5.92 Å². The molecule has 1 N–H and O–H groups in total. The van der Waals surface area contributed by atoms with Crippen LogP contribution in [-0.4, -0.2) is 62.7 Å². The minimum atomic E-state index is 0.686. The molecule has 3 heteroatoms. The molecule has 0 aromatic heterocycles. The summed E-state index contributed by atoms with van der Waals surface area (Å²) in [6.45, 7) is 10.7. The van der Waals surface area contributed by atoms with E-state index in [-0.39, 0.29) is 0 Å². The fraction of sp³-hybridized carbons (Fsp3) is 1.00. The highest BCUT2D eigenvalue weighted by Crippen LogP contribution is 2.18. The van der Waals surface area contributed by atoms with Crippen LogP contribution in [-0.2, 0) is 0 Å². The minimum Gasteiger partial charge on any atom is -0.313 e. The van der Waals surface area contributed by atoms with Gasteiger partial charge in [0.25, 0.3) is 0 Å². The van der Waals surface area contributed by atoms with Crippen LogP contribution < -0.4 is 5.32 Å². The number of hydrogen-bond acceptors (Lipinski definition) is 3. The number of likely N-dealkylation sites (tertiary alicyclic amines) is 1. The molecule has 0 aromatic rings. The van der Waals surface area contributed by atoms with E-state index in [9.17, 15) is 0 Å². The van der Waals surface area contributed by atoms with Crippen LogP contribution in [0.2, 0.25) is 0 Å². The molecule has 0 spiro atoms. The molecule has 1 fully saturated rings. The summed E-state index contributed by atoms with van der Waals surface area (Å²) in [6.07, 6.45) is 3.99. The van der Waals surface area contributed by atoms with E-state index >= 15 is 0 Å². The molecule has 17 heavy (non-hydrogen) atoms. The van der Waals surface area contributed by atoms with Crippen LogP contribution in [0.1, 0.15) is 33.1 Å². The van der Waals surface area contributed by atoms with E-state index in [2.05, 4.69) is 43.1 Å². The summed E-state index contributed by atoms with van der Waals surface area (Å²) in [5.74, 6) is 0.917. The number of nitrogens with one attached hydrogen (secondary N) is 1. The van der Waals surface area contributed by atoms with E-state index in [0.717, 1.165) is 12.5 Å². The van der Waals surface area contributed by atoms with E-state index in [0.29, 0.717) is 6.04 Å². The monoisotopic (exact) mass is 241 g/mol. The van der Waals surface area contributed by atoms with Gasteiger partial charge in [-0.3, -0.25) is 0 Å². The number of piperidine rings is 1. The van der Waals surface area contributed by atoms with Crippen molar-refractivity contribution in [1.82, 2.24) is 15.1 Å². The maximum Gasteiger partial charge on any atom is 0.0192 e. The van der Waals surface area contributed by atoms with Gasteiger partial charge in [0, 0.05) is 19.1 Å². The van der Waals surface area contributed by atoms with Gasteiger partial charge in [0.15, 0.2) is 0 Å². The Morgan fingerprint density at radius 1 is 1.24 bits per heavy atom. The van der Waals surface area contributed by atoms with Crippen molar-refractivity contribution < 1.29 is 0 Å². The Bertz CT molecular complexity index is 186. The first kappa shape index (κ1) is 14.9. The zero-order chi connectivity index (χ0) is 12.7. The number of hydrogen-bond donors (Lipinski definition) is 1. The lowest BCUT2D eigenvalue weighted by molar-refractivity contribution is 0.150. The van der Waals surface area contributed by atoms with Crippen molar-refractivity contribution in [3.63, 3.8) is 0 Å². The van der Waals surface area contributed by atoms with Gasteiger partial charge in [0.05, 0.1) is 0 Å². The number of rotatable bonds is 7. The lowest BCUT2D eigenvalue weighted by atomic mass is 9.96. The average molecular weight is 241 g/mol. The first-order chi connectivity index (χ1) is 8.15. The van der Waals surface area contributed by atoms with Crippen LogP contribution in [0.4, 0.5) is 0 Å². The molecule has 1 saturated heterocycles. The topological polar surface area (TPSA) is 18.5 Å². The number of nitrogens with zero attached hydrogens (tertiary/aromatic N) is 2. The summed E-state index contributed by atoms with van der Waals surface area (Å²) in [5.41, 5.74) is 0. The summed E-state index contributed by atoms with van der Waals surface area (Å²) >= 11 is 0. The Kier molecular flexibility index (Phi) is 7.09. The largest absolute Gasteiger partial charge is 0.313 e. The van der Waals surface area contributed by atoms with Crippen molar-refractivity contribution in [2.24, 2.45) is 5.92 Å². The molecule has 0 radical (unpaired) electrons. The highest BCUT2D eigenvalue weighted by molar-refractivity contribution is 4.77. The van der Waals surface area contributed by atoms with Crippen LogP contribution in [0.3, 0.4) is 0 Å². The molecule has 1 rings (SSSR count). The van der Waals surface area contributed by atoms with Gasteiger partial charge in [-0.05, 0) is 58.9 Å².